The summed E-state index contributed by atoms with van der Waals surface area (Å²) < 4.78 is 1.44. The van der Waals surface area contributed by atoms with Crippen LogP contribution < -0.4 is 5.56 Å². The van der Waals surface area contributed by atoms with Crippen LogP contribution in [0, 0.1) is 0 Å². The SMILES string of the molecule is Cl.O=c1cc(CSP(O)(O)=S)nc2sccn12. The summed E-state index contributed by atoms with van der Waals surface area (Å²) in [5, 5.41) is 1.77. The van der Waals surface area contributed by atoms with Gasteiger partial charge in [0.25, 0.3) is 5.56 Å². The Balaban J connectivity index is 0.00000144. The predicted molar refractivity (Wildman–Crippen MR) is 76.6 cm³/mol. The molecule has 0 atom stereocenters. The van der Waals surface area contributed by atoms with Gasteiger partial charge in [-0.1, -0.05) is 11.4 Å². The molecule has 0 fully saturated rings. The normalized spacial score (nSPS) is 11.4. The van der Waals surface area contributed by atoms with Crippen molar-refractivity contribution >= 4 is 57.6 Å². The highest BCUT2D eigenvalue weighted by Crippen LogP contribution is 2.51. The molecule has 17 heavy (non-hydrogen) atoms. The van der Waals surface area contributed by atoms with Gasteiger partial charge in [-0.05, 0) is 11.8 Å². The average Bonchev–Trinajstić information content (AvgIpc) is 2.62. The molecule has 0 aliphatic heterocycles. The molecule has 0 saturated heterocycles. The zero-order chi connectivity index (χ0) is 11.8. The molecule has 0 aliphatic carbocycles. The van der Waals surface area contributed by atoms with Crippen LogP contribution >= 0.6 is 40.8 Å². The molecule has 0 aromatic carbocycles. The molecular formula is C7H8ClN2O3PS3. The van der Waals surface area contributed by atoms with Crippen LogP contribution in [0.3, 0.4) is 0 Å². The van der Waals surface area contributed by atoms with Crippen LogP contribution in [0.15, 0.2) is 22.4 Å². The summed E-state index contributed by atoms with van der Waals surface area (Å²) in [6.45, 7) is 0. The zero-order valence-electron chi connectivity index (χ0n) is 8.22. The van der Waals surface area contributed by atoms with E-state index in [9.17, 15) is 4.79 Å². The molecule has 0 unspecified atom stereocenters. The molecule has 0 amide bonds. The largest absolute Gasteiger partial charge is 0.338 e. The van der Waals surface area contributed by atoms with E-state index in [2.05, 4.69) is 16.8 Å². The molecule has 5 nitrogen and oxygen atoms in total. The lowest BCUT2D eigenvalue weighted by molar-refractivity contribution is 0.502. The van der Waals surface area contributed by atoms with E-state index in [1.54, 1.807) is 11.6 Å². The maximum absolute atomic E-state index is 11.6. The highest BCUT2D eigenvalue weighted by Gasteiger charge is 2.10. The lowest BCUT2D eigenvalue weighted by atomic mass is 10.4. The van der Waals surface area contributed by atoms with Gasteiger partial charge in [-0.25, -0.2) is 4.98 Å². The van der Waals surface area contributed by atoms with E-state index in [1.807, 2.05) is 0 Å². The molecule has 0 saturated carbocycles. The lowest BCUT2D eigenvalue weighted by Gasteiger charge is -2.05. The Labute approximate surface area is 116 Å². The zero-order valence-corrected chi connectivity index (χ0v) is 12.4. The summed E-state index contributed by atoms with van der Waals surface area (Å²) in [6, 6.07) is 1.37. The average molecular weight is 331 g/mol. The number of thiazole rings is 1. The van der Waals surface area contributed by atoms with Crippen molar-refractivity contribution in [2.24, 2.45) is 0 Å². The maximum Gasteiger partial charge on any atom is 0.258 e. The molecule has 2 aromatic rings. The fraction of sp³-hybridized carbons (Fsp3) is 0.143. The first-order chi connectivity index (χ1) is 7.46. The summed E-state index contributed by atoms with van der Waals surface area (Å²) in [4.78, 5) is 34.5. The Kier molecular flexibility index (Phi) is 5.15. The van der Waals surface area contributed by atoms with E-state index in [0.29, 0.717) is 10.7 Å². The second kappa shape index (κ2) is 5.79. The Morgan fingerprint density at radius 1 is 1.59 bits per heavy atom. The number of hydrogen-bond acceptors (Lipinski definition) is 5. The molecule has 2 rings (SSSR count). The second-order valence-electron chi connectivity index (χ2n) is 2.91. The first-order valence-electron chi connectivity index (χ1n) is 4.11. The maximum atomic E-state index is 11.6. The number of fused-ring (bicyclic) bond motifs is 1. The van der Waals surface area contributed by atoms with Gasteiger partial charge >= 0.3 is 0 Å². The first kappa shape index (κ1) is 15.1. The topological polar surface area (TPSA) is 74.8 Å². The van der Waals surface area contributed by atoms with Gasteiger partial charge in [-0.3, -0.25) is 9.20 Å². The predicted octanol–water partition coefficient (Wildman–Crippen LogP) is 1.62. The molecular weight excluding hydrogens is 323 g/mol. The summed E-state index contributed by atoms with van der Waals surface area (Å²) in [5.41, 5.74) is -2.95. The van der Waals surface area contributed by atoms with Crippen LogP contribution in [-0.2, 0) is 17.6 Å². The summed E-state index contributed by atoms with van der Waals surface area (Å²) in [5.74, 6) is 0.230. The van der Waals surface area contributed by atoms with E-state index in [1.165, 1.54) is 21.8 Å². The van der Waals surface area contributed by atoms with Crippen molar-refractivity contribution in [3.63, 3.8) is 0 Å². The first-order valence-corrected chi connectivity index (χ1v) is 9.29. The van der Waals surface area contributed by atoms with Gasteiger partial charge in [-0.2, -0.15) is 0 Å². The van der Waals surface area contributed by atoms with E-state index >= 15 is 0 Å². The van der Waals surface area contributed by atoms with Crippen molar-refractivity contribution < 1.29 is 9.79 Å². The molecule has 0 bridgehead atoms. The summed E-state index contributed by atoms with van der Waals surface area (Å²) >= 11 is 6.66. The minimum atomic E-state index is -3.29. The minimum Gasteiger partial charge on any atom is -0.338 e. The van der Waals surface area contributed by atoms with Gasteiger partial charge < -0.3 is 9.79 Å². The number of halogens is 1. The Morgan fingerprint density at radius 2 is 2.29 bits per heavy atom. The molecule has 2 N–H and O–H groups in total. The van der Waals surface area contributed by atoms with E-state index < -0.39 is 5.69 Å². The highest BCUT2D eigenvalue weighted by molar-refractivity contribution is 8.67. The molecule has 0 aliphatic rings. The van der Waals surface area contributed by atoms with Crippen molar-refractivity contribution in [3.8, 4) is 0 Å². The molecule has 10 heteroatoms. The fourth-order valence-corrected chi connectivity index (χ4v) is 3.67. The fourth-order valence-electron chi connectivity index (χ4n) is 1.11. The van der Waals surface area contributed by atoms with Crippen molar-refractivity contribution in [1.82, 2.24) is 9.38 Å². The standard InChI is InChI=1S/C7H7N2O3PS3.ClH/c10-6-3-5(4-16-13(11,12)14)8-7-9(6)1-2-15-7;/h1-3H,4H2,(H2,11,12,14);1H. The van der Waals surface area contributed by atoms with Gasteiger partial charge in [0, 0.05) is 23.4 Å². The number of hydrogen-bond donors (Lipinski definition) is 2. The number of nitrogens with zero attached hydrogens (tertiary/aromatic N) is 2. The van der Waals surface area contributed by atoms with Gasteiger partial charge in [0.05, 0.1) is 5.69 Å². The summed E-state index contributed by atoms with van der Waals surface area (Å²) in [6.07, 6.45) is 1.65. The highest BCUT2D eigenvalue weighted by atomic mass is 35.5. The van der Waals surface area contributed by atoms with Gasteiger partial charge in [0.15, 0.2) is 4.96 Å². The van der Waals surface area contributed by atoms with Crippen molar-refractivity contribution in [3.05, 3.63) is 33.7 Å². The van der Waals surface area contributed by atoms with Gasteiger partial charge in [-0.15, -0.1) is 23.7 Å². The van der Waals surface area contributed by atoms with E-state index in [-0.39, 0.29) is 23.7 Å². The monoisotopic (exact) mass is 330 g/mol. The Bertz CT molecular complexity index is 622. The van der Waals surface area contributed by atoms with Crippen molar-refractivity contribution in [2.45, 2.75) is 5.75 Å². The van der Waals surface area contributed by atoms with Crippen LogP contribution in [0.2, 0.25) is 0 Å². The Hall–Kier alpha value is 0.0500. The van der Waals surface area contributed by atoms with Crippen molar-refractivity contribution in [1.29, 1.82) is 0 Å². The second-order valence-corrected chi connectivity index (χ2v) is 9.83. The molecule has 0 radical (unpaired) electrons. The quantitative estimate of drug-likeness (QED) is 0.833. The van der Waals surface area contributed by atoms with Crippen molar-refractivity contribution in [2.75, 3.05) is 0 Å². The van der Waals surface area contributed by atoms with Crippen LogP contribution in [0.1, 0.15) is 5.69 Å². The number of aromatic nitrogens is 2. The van der Waals surface area contributed by atoms with Gasteiger partial charge in [0.1, 0.15) is 0 Å². The van der Waals surface area contributed by atoms with Crippen LogP contribution in [-0.4, -0.2) is 19.2 Å². The van der Waals surface area contributed by atoms with Crippen LogP contribution in [0.4, 0.5) is 0 Å². The van der Waals surface area contributed by atoms with Crippen LogP contribution in [0.5, 0.6) is 0 Å². The Morgan fingerprint density at radius 3 is 2.94 bits per heavy atom. The van der Waals surface area contributed by atoms with Gasteiger partial charge in [0.2, 0.25) is 5.69 Å². The third-order valence-electron chi connectivity index (χ3n) is 1.74. The molecule has 94 valence electrons. The number of rotatable bonds is 3. The lowest BCUT2D eigenvalue weighted by Crippen LogP contribution is -2.12. The smallest absolute Gasteiger partial charge is 0.258 e. The van der Waals surface area contributed by atoms with E-state index in [4.69, 9.17) is 9.79 Å². The summed E-state index contributed by atoms with van der Waals surface area (Å²) in [7, 11) is 0. The molecule has 2 heterocycles. The molecule has 0 spiro atoms. The third-order valence-corrected chi connectivity index (χ3v) is 5.60. The van der Waals surface area contributed by atoms with Crippen LogP contribution in [0.25, 0.3) is 4.96 Å². The molecule has 2 aromatic heterocycles. The minimum absolute atomic E-state index is 0. The van der Waals surface area contributed by atoms with E-state index in [0.717, 1.165) is 11.4 Å². The third kappa shape index (κ3) is 4.03.